The first-order valence-corrected chi connectivity index (χ1v) is 23.4. The Hall–Kier alpha value is -9.39. The fourth-order valence-corrected chi connectivity index (χ4v) is 10.6. The summed E-state index contributed by atoms with van der Waals surface area (Å²) in [5.41, 5.74) is 14.8. The molecule has 0 amide bonds. The number of benzene rings is 10. The van der Waals surface area contributed by atoms with Crippen LogP contribution < -0.4 is 0 Å². The van der Waals surface area contributed by atoms with E-state index in [4.69, 9.17) is 15.0 Å². The van der Waals surface area contributed by atoms with Crippen LogP contribution >= 0.6 is 0 Å². The lowest BCUT2D eigenvalue weighted by atomic mass is 10.0. The van der Waals surface area contributed by atoms with Crippen molar-refractivity contribution in [3.63, 3.8) is 0 Å². The SMILES string of the molecule is c1ccc(-c2ccc3c(c2)c2cc(-c4ccccc4)ccc2n3-c2nc(-c3ccccc3-n3c4ccccc4c4ccccc43)nc(-c3ccccc3-n3c4ccccc4c4ccccc43)n2)cc1. The second kappa shape index (κ2) is 15.6. The number of fused-ring (bicyclic) bond motifs is 9. The van der Waals surface area contributed by atoms with E-state index in [1.54, 1.807) is 0 Å². The van der Waals surface area contributed by atoms with Crippen LogP contribution in [-0.2, 0) is 0 Å². The molecule has 0 spiro atoms. The zero-order chi connectivity index (χ0) is 45.4. The molecule has 10 aromatic carbocycles. The van der Waals surface area contributed by atoms with Gasteiger partial charge in [-0.15, -0.1) is 0 Å². The van der Waals surface area contributed by atoms with E-state index in [1.807, 2.05) is 0 Å². The largest absolute Gasteiger partial charge is 0.309 e. The van der Waals surface area contributed by atoms with E-state index in [0.29, 0.717) is 17.6 Å². The van der Waals surface area contributed by atoms with Crippen molar-refractivity contribution in [2.45, 2.75) is 0 Å². The number of nitrogens with zero attached hydrogens (tertiary/aromatic N) is 6. The minimum absolute atomic E-state index is 0.531. The molecule has 322 valence electrons. The van der Waals surface area contributed by atoms with Gasteiger partial charge in [0.25, 0.3) is 0 Å². The molecule has 14 rings (SSSR count). The van der Waals surface area contributed by atoms with Gasteiger partial charge in [-0.05, 0) is 95.1 Å². The van der Waals surface area contributed by atoms with Crippen molar-refractivity contribution in [2.24, 2.45) is 0 Å². The van der Waals surface area contributed by atoms with E-state index >= 15 is 0 Å². The molecular weight excluding hydrogens is 841 g/mol. The van der Waals surface area contributed by atoms with E-state index in [2.05, 4.69) is 256 Å². The highest BCUT2D eigenvalue weighted by molar-refractivity contribution is 6.13. The normalized spacial score (nSPS) is 11.8. The van der Waals surface area contributed by atoms with Crippen LogP contribution in [0.25, 0.3) is 128 Å². The summed E-state index contributed by atoms with van der Waals surface area (Å²) in [6, 6.07) is 86.2. The van der Waals surface area contributed by atoms with Gasteiger partial charge in [-0.25, -0.2) is 4.98 Å². The lowest BCUT2D eigenvalue weighted by Gasteiger charge is -2.17. The molecule has 4 heterocycles. The van der Waals surface area contributed by atoms with Crippen molar-refractivity contribution in [1.82, 2.24) is 28.7 Å². The average molecular weight is 881 g/mol. The summed E-state index contributed by atoms with van der Waals surface area (Å²) >= 11 is 0. The van der Waals surface area contributed by atoms with E-state index in [-0.39, 0.29) is 0 Å². The van der Waals surface area contributed by atoms with Gasteiger partial charge in [-0.2, -0.15) is 9.97 Å². The van der Waals surface area contributed by atoms with Crippen LogP contribution in [0.4, 0.5) is 0 Å². The summed E-state index contributed by atoms with van der Waals surface area (Å²) in [5, 5.41) is 6.99. The van der Waals surface area contributed by atoms with Crippen molar-refractivity contribution >= 4 is 65.4 Å². The molecule has 6 nitrogen and oxygen atoms in total. The fraction of sp³-hybridized carbons (Fsp3) is 0. The Kier molecular flexibility index (Phi) is 8.79. The zero-order valence-corrected chi connectivity index (χ0v) is 37.3. The van der Waals surface area contributed by atoms with Crippen LogP contribution in [0, 0.1) is 0 Å². The highest BCUT2D eigenvalue weighted by Crippen LogP contribution is 2.41. The first-order valence-electron chi connectivity index (χ1n) is 23.4. The summed E-state index contributed by atoms with van der Waals surface area (Å²) < 4.78 is 6.94. The number of rotatable bonds is 7. The second-order valence-electron chi connectivity index (χ2n) is 17.6. The van der Waals surface area contributed by atoms with Gasteiger partial charge < -0.3 is 9.13 Å². The molecule has 0 fully saturated rings. The van der Waals surface area contributed by atoms with Crippen LogP contribution in [0.2, 0.25) is 0 Å². The van der Waals surface area contributed by atoms with Gasteiger partial charge in [0.2, 0.25) is 5.95 Å². The van der Waals surface area contributed by atoms with E-state index in [9.17, 15) is 0 Å². The van der Waals surface area contributed by atoms with Gasteiger partial charge >= 0.3 is 0 Å². The Bertz CT molecular complexity index is 3930. The highest BCUT2D eigenvalue weighted by atomic mass is 15.2. The van der Waals surface area contributed by atoms with E-state index in [0.717, 1.165) is 88.6 Å². The maximum absolute atomic E-state index is 5.58. The lowest BCUT2D eigenvalue weighted by Crippen LogP contribution is -2.09. The first kappa shape index (κ1) is 38.8. The summed E-state index contributed by atoms with van der Waals surface area (Å²) in [6.07, 6.45) is 0. The van der Waals surface area contributed by atoms with Crippen LogP contribution in [0.1, 0.15) is 0 Å². The average Bonchev–Trinajstić information content (AvgIpc) is 4.06. The molecule has 0 saturated carbocycles. The fourth-order valence-electron chi connectivity index (χ4n) is 10.6. The summed E-state index contributed by atoms with van der Waals surface area (Å²) in [6.45, 7) is 0. The highest BCUT2D eigenvalue weighted by Gasteiger charge is 2.24. The number of hydrogen-bond acceptors (Lipinski definition) is 3. The molecule has 0 atom stereocenters. The Morgan fingerprint density at radius 2 is 0.565 bits per heavy atom. The molecule has 0 N–H and O–H groups in total. The molecule has 0 radical (unpaired) electrons. The molecule has 0 aliphatic heterocycles. The quantitative estimate of drug-likeness (QED) is 0.160. The monoisotopic (exact) mass is 880 g/mol. The Balaban J connectivity index is 1.08. The van der Waals surface area contributed by atoms with Gasteiger partial charge in [0.05, 0.1) is 44.5 Å². The number of hydrogen-bond donors (Lipinski definition) is 0. The zero-order valence-electron chi connectivity index (χ0n) is 37.3. The molecule has 0 saturated heterocycles. The molecule has 0 aliphatic carbocycles. The molecule has 6 heteroatoms. The van der Waals surface area contributed by atoms with Crippen LogP contribution in [-0.4, -0.2) is 28.7 Å². The minimum Gasteiger partial charge on any atom is -0.309 e. The van der Waals surface area contributed by atoms with Crippen LogP contribution in [0.15, 0.2) is 243 Å². The minimum atomic E-state index is 0.531. The van der Waals surface area contributed by atoms with Crippen molar-refractivity contribution in [3.8, 4) is 62.4 Å². The Labute approximate surface area is 397 Å². The summed E-state index contributed by atoms with van der Waals surface area (Å²) in [7, 11) is 0. The summed E-state index contributed by atoms with van der Waals surface area (Å²) in [5.74, 6) is 1.67. The molecular formula is C63H40N6. The van der Waals surface area contributed by atoms with Gasteiger partial charge in [-0.1, -0.05) is 170 Å². The standard InChI is InChI=1S/C63H40N6/c1-3-19-41(20-4-1)43-35-37-59-51(39-43)52-40-44(42-21-5-2-6-22-42)36-38-60(52)69(59)63-65-61(49-27-11-17-33-57(49)67-53-29-13-7-23-45(53)46-24-8-14-30-54(46)67)64-62(66-63)50-28-12-18-34-58(50)68-55-31-15-9-25-47(55)48-26-10-16-32-56(48)68/h1-40H. The third kappa shape index (κ3) is 6.16. The molecule has 0 bridgehead atoms. The Morgan fingerprint density at radius 1 is 0.232 bits per heavy atom. The maximum atomic E-state index is 5.58. The smallest absolute Gasteiger partial charge is 0.238 e. The predicted octanol–water partition coefficient (Wildman–Crippen LogP) is 15.8. The maximum Gasteiger partial charge on any atom is 0.238 e. The number of para-hydroxylation sites is 6. The van der Waals surface area contributed by atoms with Crippen molar-refractivity contribution in [1.29, 1.82) is 0 Å². The predicted molar refractivity (Wildman–Crippen MR) is 285 cm³/mol. The van der Waals surface area contributed by atoms with Gasteiger partial charge in [-0.3, -0.25) is 4.57 Å². The molecule has 0 aliphatic rings. The molecule has 14 aromatic rings. The van der Waals surface area contributed by atoms with E-state index in [1.165, 1.54) is 21.5 Å². The van der Waals surface area contributed by atoms with Crippen molar-refractivity contribution in [2.75, 3.05) is 0 Å². The van der Waals surface area contributed by atoms with Gasteiger partial charge in [0.15, 0.2) is 11.6 Å². The first-order chi connectivity index (χ1) is 34.2. The molecule has 0 unspecified atom stereocenters. The van der Waals surface area contributed by atoms with Crippen LogP contribution in [0.5, 0.6) is 0 Å². The van der Waals surface area contributed by atoms with Crippen LogP contribution in [0.3, 0.4) is 0 Å². The third-order valence-electron chi connectivity index (χ3n) is 13.7. The number of aromatic nitrogens is 6. The van der Waals surface area contributed by atoms with Gasteiger partial charge in [0, 0.05) is 43.4 Å². The third-order valence-corrected chi connectivity index (χ3v) is 13.7. The van der Waals surface area contributed by atoms with Gasteiger partial charge in [0.1, 0.15) is 0 Å². The van der Waals surface area contributed by atoms with Crippen molar-refractivity contribution < 1.29 is 0 Å². The molecule has 4 aromatic heterocycles. The van der Waals surface area contributed by atoms with E-state index < -0.39 is 0 Å². The summed E-state index contributed by atoms with van der Waals surface area (Å²) in [4.78, 5) is 16.7. The Morgan fingerprint density at radius 3 is 0.971 bits per heavy atom. The second-order valence-corrected chi connectivity index (χ2v) is 17.6. The lowest BCUT2D eigenvalue weighted by molar-refractivity contribution is 0.950. The molecule has 69 heavy (non-hydrogen) atoms. The van der Waals surface area contributed by atoms with Crippen molar-refractivity contribution in [3.05, 3.63) is 243 Å². The topological polar surface area (TPSA) is 53.5 Å².